The van der Waals surface area contributed by atoms with Crippen molar-refractivity contribution < 1.29 is 9.90 Å². The van der Waals surface area contributed by atoms with E-state index in [2.05, 4.69) is 4.98 Å². The number of rotatable bonds is 4. The number of hydrogen-bond donors (Lipinski definition) is 2. The molecule has 0 unspecified atom stereocenters. The van der Waals surface area contributed by atoms with Gasteiger partial charge < -0.3 is 10.1 Å². The molecule has 0 aliphatic rings. The Hall–Kier alpha value is -1.52. The van der Waals surface area contributed by atoms with Crippen molar-refractivity contribution in [2.45, 2.75) is 26.3 Å². The summed E-state index contributed by atoms with van der Waals surface area (Å²) in [6.45, 7) is 2.26. The number of carboxylic acid groups (broad SMARTS) is 1. The molecule has 72 valence electrons. The molecule has 0 aliphatic carbocycles. The third-order valence-electron chi connectivity index (χ3n) is 1.85. The fraction of sp³-hybridized carbons (Fsp3) is 0.500. The van der Waals surface area contributed by atoms with Gasteiger partial charge in [0.2, 0.25) is 0 Å². The number of nitrogens with zero attached hydrogens (tertiary/aromatic N) is 1. The molecule has 0 fully saturated rings. The molecule has 1 heterocycles. The van der Waals surface area contributed by atoms with Crippen molar-refractivity contribution in [1.82, 2.24) is 9.55 Å². The Bertz CT molecular complexity index is 351. The first kappa shape index (κ1) is 9.57. The van der Waals surface area contributed by atoms with Crippen LogP contribution in [-0.4, -0.2) is 20.6 Å². The number of nitrogens with one attached hydrogen (secondary N) is 1. The van der Waals surface area contributed by atoms with Gasteiger partial charge in [-0.15, -0.1) is 0 Å². The fourth-order valence-corrected chi connectivity index (χ4v) is 1.15. The number of aromatic nitrogens is 2. The van der Waals surface area contributed by atoms with Gasteiger partial charge in [0.05, 0.1) is 0 Å². The molecule has 0 saturated carbocycles. The number of imidazole rings is 1. The van der Waals surface area contributed by atoms with Crippen LogP contribution in [0.25, 0.3) is 0 Å². The summed E-state index contributed by atoms with van der Waals surface area (Å²) in [4.78, 5) is 23.8. The van der Waals surface area contributed by atoms with E-state index in [1.807, 2.05) is 0 Å². The largest absolute Gasteiger partial charge is 0.481 e. The topological polar surface area (TPSA) is 75.1 Å². The summed E-state index contributed by atoms with van der Waals surface area (Å²) in [5.74, 6) is -0.832. The van der Waals surface area contributed by atoms with Crippen LogP contribution in [0, 0.1) is 6.92 Å². The van der Waals surface area contributed by atoms with Crippen molar-refractivity contribution >= 4 is 5.97 Å². The molecule has 0 bridgehead atoms. The van der Waals surface area contributed by atoms with Crippen LogP contribution in [0.4, 0.5) is 0 Å². The lowest BCUT2D eigenvalue weighted by Crippen LogP contribution is -2.18. The second-order valence-electron chi connectivity index (χ2n) is 2.88. The molecule has 0 aromatic carbocycles. The number of aryl methyl sites for hydroxylation is 1. The maximum atomic E-state index is 11.1. The lowest BCUT2D eigenvalue weighted by atomic mass is 10.3. The van der Waals surface area contributed by atoms with E-state index in [0.29, 0.717) is 13.0 Å². The standard InChI is InChI=1S/C8H12N2O3/c1-6-5-9-8(13)10(6)4-2-3-7(11)12/h5H,2-4H2,1H3,(H,9,13)(H,11,12). The summed E-state index contributed by atoms with van der Waals surface area (Å²) in [5.41, 5.74) is 0.651. The lowest BCUT2D eigenvalue weighted by Gasteiger charge is -2.01. The Labute approximate surface area is 75.0 Å². The van der Waals surface area contributed by atoms with Gasteiger partial charge >= 0.3 is 11.7 Å². The van der Waals surface area contributed by atoms with Crippen LogP contribution in [0.15, 0.2) is 11.0 Å². The van der Waals surface area contributed by atoms with Crippen LogP contribution >= 0.6 is 0 Å². The van der Waals surface area contributed by atoms with Crippen LogP contribution in [0.2, 0.25) is 0 Å². The highest BCUT2D eigenvalue weighted by Crippen LogP contribution is 1.96. The van der Waals surface area contributed by atoms with E-state index < -0.39 is 5.97 Å². The molecule has 13 heavy (non-hydrogen) atoms. The molecular weight excluding hydrogens is 172 g/mol. The summed E-state index contributed by atoms with van der Waals surface area (Å²) >= 11 is 0. The SMILES string of the molecule is Cc1c[nH]c(=O)n1CCCC(=O)O. The molecule has 1 aromatic heterocycles. The monoisotopic (exact) mass is 184 g/mol. The van der Waals surface area contributed by atoms with E-state index in [4.69, 9.17) is 5.11 Å². The van der Waals surface area contributed by atoms with E-state index in [1.54, 1.807) is 13.1 Å². The number of carboxylic acids is 1. The number of hydrogen-bond acceptors (Lipinski definition) is 2. The Kier molecular flexibility index (Phi) is 2.89. The minimum absolute atomic E-state index is 0.0943. The molecule has 0 amide bonds. The van der Waals surface area contributed by atoms with Gasteiger partial charge in [-0.25, -0.2) is 4.79 Å². The first-order valence-corrected chi connectivity index (χ1v) is 4.08. The second-order valence-corrected chi connectivity index (χ2v) is 2.88. The van der Waals surface area contributed by atoms with Crippen molar-refractivity contribution in [3.63, 3.8) is 0 Å². The third kappa shape index (κ3) is 2.47. The third-order valence-corrected chi connectivity index (χ3v) is 1.85. The van der Waals surface area contributed by atoms with Crippen LogP contribution in [0.3, 0.4) is 0 Å². The van der Waals surface area contributed by atoms with Gasteiger partial charge in [0.25, 0.3) is 0 Å². The molecule has 0 spiro atoms. The molecule has 0 atom stereocenters. The first-order chi connectivity index (χ1) is 6.11. The zero-order valence-electron chi connectivity index (χ0n) is 7.41. The van der Waals surface area contributed by atoms with Gasteiger partial charge in [-0.05, 0) is 13.3 Å². The summed E-state index contributed by atoms with van der Waals surface area (Å²) in [7, 11) is 0. The Morgan fingerprint density at radius 1 is 1.69 bits per heavy atom. The van der Waals surface area contributed by atoms with Gasteiger partial charge in [-0.2, -0.15) is 0 Å². The summed E-state index contributed by atoms with van der Waals surface area (Å²) in [6.07, 6.45) is 2.19. The van der Waals surface area contributed by atoms with Crippen molar-refractivity contribution in [3.05, 3.63) is 22.4 Å². The molecule has 0 aliphatic heterocycles. The quantitative estimate of drug-likeness (QED) is 0.709. The van der Waals surface area contributed by atoms with Crippen molar-refractivity contribution in [2.24, 2.45) is 0 Å². The van der Waals surface area contributed by atoms with E-state index in [0.717, 1.165) is 5.69 Å². The number of aliphatic carboxylic acids is 1. The maximum Gasteiger partial charge on any atom is 0.325 e. The van der Waals surface area contributed by atoms with Gasteiger partial charge in [0, 0.05) is 24.9 Å². The number of aromatic amines is 1. The van der Waals surface area contributed by atoms with Crippen molar-refractivity contribution in [2.75, 3.05) is 0 Å². The van der Waals surface area contributed by atoms with E-state index >= 15 is 0 Å². The summed E-state index contributed by atoms with van der Waals surface area (Å²) < 4.78 is 1.53. The molecule has 1 rings (SSSR count). The maximum absolute atomic E-state index is 11.1. The van der Waals surface area contributed by atoms with Gasteiger partial charge in [-0.1, -0.05) is 0 Å². The van der Waals surface area contributed by atoms with Crippen molar-refractivity contribution in [1.29, 1.82) is 0 Å². The molecule has 5 nitrogen and oxygen atoms in total. The highest BCUT2D eigenvalue weighted by atomic mass is 16.4. The van der Waals surface area contributed by atoms with Crippen LogP contribution in [0.5, 0.6) is 0 Å². The Balaban J connectivity index is 2.54. The number of H-pyrrole nitrogens is 1. The normalized spacial score (nSPS) is 10.2. The highest BCUT2D eigenvalue weighted by Gasteiger charge is 2.02. The zero-order chi connectivity index (χ0) is 9.84. The summed E-state index contributed by atoms with van der Waals surface area (Å²) in [6, 6.07) is 0. The minimum Gasteiger partial charge on any atom is -0.481 e. The van der Waals surface area contributed by atoms with Crippen LogP contribution in [0.1, 0.15) is 18.5 Å². The van der Waals surface area contributed by atoms with Crippen molar-refractivity contribution in [3.8, 4) is 0 Å². The second kappa shape index (κ2) is 3.93. The highest BCUT2D eigenvalue weighted by molar-refractivity contribution is 5.66. The van der Waals surface area contributed by atoms with Gasteiger partial charge in [0.15, 0.2) is 0 Å². The minimum atomic E-state index is -0.832. The summed E-state index contributed by atoms with van der Waals surface area (Å²) in [5, 5.41) is 8.39. The average Bonchev–Trinajstić information content (AvgIpc) is 2.34. The fourth-order valence-electron chi connectivity index (χ4n) is 1.15. The molecule has 0 radical (unpaired) electrons. The Morgan fingerprint density at radius 2 is 2.38 bits per heavy atom. The predicted octanol–water partition coefficient (Wildman–Crippen LogP) is 0.350. The average molecular weight is 184 g/mol. The number of carbonyl (C=O) groups is 1. The predicted molar refractivity (Wildman–Crippen MR) is 46.7 cm³/mol. The van der Waals surface area contributed by atoms with E-state index in [9.17, 15) is 9.59 Å². The van der Waals surface area contributed by atoms with Gasteiger partial charge in [0.1, 0.15) is 0 Å². The smallest absolute Gasteiger partial charge is 0.325 e. The van der Waals surface area contributed by atoms with Crippen LogP contribution < -0.4 is 5.69 Å². The molecule has 5 heteroatoms. The van der Waals surface area contributed by atoms with Crippen LogP contribution in [-0.2, 0) is 11.3 Å². The molecule has 0 saturated heterocycles. The molecule has 1 aromatic rings. The molecule has 2 N–H and O–H groups in total. The van der Waals surface area contributed by atoms with Gasteiger partial charge in [-0.3, -0.25) is 9.36 Å². The van der Waals surface area contributed by atoms with E-state index in [1.165, 1.54) is 4.57 Å². The first-order valence-electron chi connectivity index (χ1n) is 4.08. The zero-order valence-corrected chi connectivity index (χ0v) is 7.41. The molecular formula is C8H12N2O3. The Morgan fingerprint density at radius 3 is 2.85 bits per heavy atom. The lowest BCUT2D eigenvalue weighted by molar-refractivity contribution is -0.137. The van der Waals surface area contributed by atoms with E-state index in [-0.39, 0.29) is 12.1 Å².